The highest BCUT2D eigenvalue weighted by Crippen LogP contribution is 2.40. The van der Waals surface area contributed by atoms with Gasteiger partial charge in [-0.1, -0.05) is 11.6 Å². The first-order valence-corrected chi connectivity index (χ1v) is 5.52. The molecular weight excluding hydrogens is 260 g/mol. The van der Waals surface area contributed by atoms with Gasteiger partial charge in [0.25, 0.3) is 0 Å². The average molecular weight is 275 g/mol. The first-order chi connectivity index (χ1) is 8.47. The van der Waals surface area contributed by atoms with Gasteiger partial charge in [0.05, 0.1) is 26.4 Å². The molecule has 1 rings (SSSR count). The van der Waals surface area contributed by atoms with E-state index in [1.165, 1.54) is 27.4 Å². The molecule has 6 heteroatoms. The minimum atomic E-state index is -1.48. The summed E-state index contributed by atoms with van der Waals surface area (Å²) in [5.74, 6) is -0.109. The predicted octanol–water partition coefficient (Wildman–Crippen LogP) is 1.87. The third-order valence-corrected chi connectivity index (χ3v) is 3.05. The molecule has 0 aromatic heterocycles. The standard InChI is InChI=1S/C12H15ClO5/c1-6-8(16-2)5-7(10(14)12(15)18-4)11(17-3)9(6)13/h5,10,14H,1-4H3. The summed E-state index contributed by atoms with van der Waals surface area (Å²) in [6.07, 6.45) is -1.48. The van der Waals surface area contributed by atoms with E-state index in [4.69, 9.17) is 21.1 Å². The zero-order valence-corrected chi connectivity index (χ0v) is 11.4. The summed E-state index contributed by atoms with van der Waals surface area (Å²) >= 11 is 6.11. The number of methoxy groups -OCH3 is 3. The summed E-state index contributed by atoms with van der Waals surface area (Å²) in [7, 11) is 4.06. The zero-order chi connectivity index (χ0) is 13.9. The van der Waals surface area contributed by atoms with Crippen LogP contribution in [0.3, 0.4) is 0 Å². The molecule has 1 aromatic rings. The third kappa shape index (κ3) is 2.52. The number of esters is 1. The van der Waals surface area contributed by atoms with Gasteiger partial charge in [-0.15, -0.1) is 0 Å². The summed E-state index contributed by atoms with van der Waals surface area (Å²) in [4.78, 5) is 11.4. The third-order valence-electron chi connectivity index (χ3n) is 2.59. The largest absolute Gasteiger partial charge is 0.496 e. The van der Waals surface area contributed by atoms with E-state index in [0.29, 0.717) is 11.3 Å². The average Bonchev–Trinajstić information content (AvgIpc) is 2.39. The van der Waals surface area contributed by atoms with E-state index in [-0.39, 0.29) is 16.3 Å². The Morgan fingerprint density at radius 1 is 1.33 bits per heavy atom. The molecule has 0 amide bonds. The van der Waals surface area contributed by atoms with Crippen molar-refractivity contribution in [1.82, 2.24) is 0 Å². The van der Waals surface area contributed by atoms with Gasteiger partial charge in [-0.25, -0.2) is 4.79 Å². The molecule has 1 N–H and O–H groups in total. The molecule has 0 spiro atoms. The number of rotatable bonds is 4. The van der Waals surface area contributed by atoms with Gasteiger partial charge in [-0.3, -0.25) is 0 Å². The normalized spacial score (nSPS) is 11.9. The second-order valence-electron chi connectivity index (χ2n) is 3.57. The van der Waals surface area contributed by atoms with Crippen LogP contribution in [0.4, 0.5) is 0 Å². The molecule has 1 atom stereocenters. The second kappa shape index (κ2) is 5.93. The van der Waals surface area contributed by atoms with Crippen LogP contribution in [-0.4, -0.2) is 32.4 Å². The van der Waals surface area contributed by atoms with Crippen LogP contribution in [0, 0.1) is 6.92 Å². The summed E-state index contributed by atoms with van der Waals surface area (Å²) < 4.78 is 14.7. The molecule has 0 aliphatic carbocycles. The minimum Gasteiger partial charge on any atom is -0.496 e. The molecule has 18 heavy (non-hydrogen) atoms. The number of ether oxygens (including phenoxy) is 3. The lowest BCUT2D eigenvalue weighted by atomic mass is 10.0. The summed E-state index contributed by atoms with van der Waals surface area (Å²) in [6.45, 7) is 1.75. The Morgan fingerprint density at radius 2 is 1.94 bits per heavy atom. The van der Waals surface area contributed by atoms with Crippen LogP contribution in [0.5, 0.6) is 11.5 Å². The molecule has 0 aliphatic rings. The number of carbonyl (C=O) groups is 1. The summed E-state index contributed by atoms with van der Waals surface area (Å²) in [5.41, 5.74) is 0.869. The number of aliphatic hydroxyl groups excluding tert-OH is 1. The van der Waals surface area contributed by atoms with E-state index in [0.717, 1.165) is 0 Å². The van der Waals surface area contributed by atoms with Gasteiger partial charge < -0.3 is 19.3 Å². The van der Waals surface area contributed by atoms with Crippen molar-refractivity contribution < 1.29 is 24.1 Å². The van der Waals surface area contributed by atoms with Crippen molar-refractivity contribution in [1.29, 1.82) is 0 Å². The van der Waals surface area contributed by atoms with E-state index in [2.05, 4.69) is 4.74 Å². The van der Waals surface area contributed by atoms with Gasteiger partial charge >= 0.3 is 5.97 Å². The zero-order valence-electron chi connectivity index (χ0n) is 10.6. The smallest absolute Gasteiger partial charge is 0.339 e. The van der Waals surface area contributed by atoms with Crippen molar-refractivity contribution in [3.8, 4) is 11.5 Å². The van der Waals surface area contributed by atoms with Crippen molar-refractivity contribution >= 4 is 17.6 Å². The van der Waals surface area contributed by atoms with Crippen LogP contribution < -0.4 is 9.47 Å². The van der Waals surface area contributed by atoms with Crippen LogP contribution in [0.2, 0.25) is 5.02 Å². The molecule has 0 fully saturated rings. The molecule has 0 saturated carbocycles. The molecule has 1 aromatic carbocycles. The van der Waals surface area contributed by atoms with Crippen LogP contribution in [-0.2, 0) is 9.53 Å². The highest BCUT2D eigenvalue weighted by atomic mass is 35.5. The first-order valence-electron chi connectivity index (χ1n) is 5.14. The van der Waals surface area contributed by atoms with E-state index in [9.17, 15) is 9.90 Å². The molecule has 5 nitrogen and oxygen atoms in total. The van der Waals surface area contributed by atoms with Crippen molar-refractivity contribution in [2.45, 2.75) is 13.0 Å². The van der Waals surface area contributed by atoms with Gasteiger partial charge in [0.15, 0.2) is 6.10 Å². The quantitative estimate of drug-likeness (QED) is 0.849. The lowest BCUT2D eigenvalue weighted by Gasteiger charge is -2.17. The van der Waals surface area contributed by atoms with Crippen LogP contribution in [0.1, 0.15) is 17.2 Å². The number of halogens is 1. The van der Waals surface area contributed by atoms with Gasteiger partial charge in [0.2, 0.25) is 0 Å². The Balaban J connectivity index is 3.42. The van der Waals surface area contributed by atoms with Crippen molar-refractivity contribution in [2.24, 2.45) is 0 Å². The molecule has 1 unspecified atom stereocenters. The number of hydrogen-bond donors (Lipinski definition) is 1. The number of carbonyl (C=O) groups excluding carboxylic acids is 1. The van der Waals surface area contributed by atoms with Crippen LogP contribution in [0.25, 0.3) is 0 Å². The minimum absolute atomic E-state index is 0.205. The first kappa shape index (κ1) is 14.6. The maximum atomic E-state index is 11.4. The molecule has 0 bridgehead atoms. The molecule has 0 radical (unpaired) electrons. The van der Waals surface area contributed by atoms with E-state index in [1.807, 2.05) is 0 Å². The topological polar surface area (TPSA) is 65.0 Å². The maximum Gasteiger partial charge on any atom is 0.339 e. The van der Waals surface area contributed by atoms with Crippen molar-refractivity contribution in [3.05, 3.63) is 22.2 Å². The number of benzene rings is 1. The van der Waals surface area contributed by atoms with Gasteiger partial charge in [-0.05, 0) is 13.0 Å². The summed E-state index contributed by atoms with van der Waals surface area (Å²) in [5, 5.41) is 10.2. The van der Waals surface area contributed by atoms with Crippen molar-refractivity contribution in [3.63, 3.8) is 0 Å². The van der Waals surface area contributed by atoms with Crippen LogP contribution in [0.15, 0.2) is 6.07 Å². The van der Waals surface area contributed by atoms with Crippen LogP contribution >= 0.6 is 11.6 Å². The predicted molar refractivity (Wildman–Crippen MR) is 66.3 cm³/mol. The Hall–Kier alpha value is -1.46. The van der Waals surface area contributed by atoms with Gasteiger partial charge in [0, 0.05) is 11.1 Å². The molecule has 100 valence electrons. The van der Waals surface area contributed by atoms with E-state index in [1.54, 1.807) is 6.92 Å². The number of aliphatic hydroxyl groups is 1. The fourth-order valence-corrected chi connectivity index (χ4v) is 1.86. The van der Waals surface area contributed by atoms with E-state index < -0.39 is 12.1 Å². The fourth-order valence-electron chi connectivity index (χ4n) is 1.58. The SMILES string of the molecule is COC(=O)C(O)c1cc(OC)c(C)c(Cl)c1OC. The Kier molecular flexibility index (Phi) is 4.81. The Labute approximate surface area is 110 Å². The maximum absolute atomic E-state index is 11.4. The molecular formula is C12H15ClO5. The lowest BCUT2D eigenvalue weighted by Crippen LogP contribution is -2.15. The van der Waals surface area contributed by atoms with Crippen molar-refractivity contribution in [2.75, 3.05) is 21.3 Å². The highest BCUT2D eigenvalue weighted by molar-refractivity contribution is 6.33. The second-order valence-corrected chi connectivity index (χ2v) is 3.94. The Morgan fingerprint density at radius 3 is 2.39 bits per heavy atom. The highest BCUT2D eigenvalue weighted by Gasteiger charge is 2.26. The fraction of sp³-hybridized carbons (Fsp3) is 0.417. The van der Waals surface area contributed by atoms with Gasteiger partial charge in [-0.2, -0.15) is 0 Å². The van der Waals surface area contributed by atoms with E-state index >= 15 is 0 Å². The molecule has 0 aliphatic heterocycles. The monoisotopic (exact) mass is 274 g/mol. The van der Waals surface area contributed by atoms with Gasteiger partial charge in [0.1, 0.15) is 11.5 Å². The molecule has 0 saturated heterocycles. The number of hydrogen-bond acceptors (Lipinski definition) is 5. The summed E-state index contributed by atoms with van der Waals surface area (Å²) in [6, 6.07) is 1.50. The molecule has 0 heterocycles. The lowest BCUT2D eigenvalue weighted by molar-refractivity contribution is -0.150. The Bertz CT molecular complexity index is 458.